The molecule has 1 saturated heterocycles. The van der Waals surface area contributed by atoms with Gasteiger partial charge >= 0.3 is 5.69 Å². The minimum absolute atomic E-state index is 0.233. The number of nitrogens with zero attached hydrogens (tertiary/aromatic N) is 1. The van der Waals surface area contributed by atoms with Crippen molar-refractivity contribution in [2.45, 2.75) is 19.3 Å². The Bertz CT molecular complexity index is 438. The predicted octanol–water partition coefficient (Wildman–Crippen LogP) is -0.384. The summed E-state index contributed by atoms with van der Waals surface area (Å²) in [7, 11) is 1.48. The van der Waals surface area contributed by atoms with Crippen molar-refractivity contribution in [2.75, 3.05) is 13.1 Å². The van der Waals surface area contributed by atoms with E-state index in [0.29, 0.717) is 5.92 Å². The van der Waals surface area contributed by atoms with Crippen molar-refractivity contribution in [3.05, 3.63) is 32.6 Å². The zero-order valence-corrected chi connectivity index (χ0v) is 9.45. The Kier molecular flexibility index (Phi) is 3.24. The smallest absolute Gasteiger partial charge is 0.316 e. The Balaban J connectivity index is 2.04. The van der Waals surface area contributed by atoms with Gasteiger partial charge in [0.25, 0.3) is 5.56 Å². The van der Waals surface area contributed by atoms with Crippen LogP contribution in [0.25, 0.3) is 0 Å². The topological polar surface area (TPSA) is 66.9 Å². The van der Waals surface area contributed by atoms with Crippen LogP contribution in [0.4, 0.5) is 0 Å². The van der Waals surface area contributed by atoms with Crippen LogP contribution in [0, 0.1) is 5.92 Å². The molecule has 2 rings (SSSR count). The first kappa shape index (κ1) is 11.1. The highest BCUT2D eigenvalue weighted by atomic mass is 16.2. The van der Waals surface area contributed by atoms with Crippen molar-refractivity contribution in [1.29, 1.82) is 0 Å². The van der Waals surface area contributed by atoms with Crippen LogP contribution in [0.5, 0.6) is 0 Å². The summed E-state index contributed by atoms with van der Waals surface area (Å²) in [6, 6.07) is 1.52. The van der Waals surface area contributed by atoms with Gasteiger partial charge in [0, 0.05) is 18.8 Å². The van der Waals surface area contributed by atoms with Crippen LogP contribution in [-0.4, -0.2) is 22.6 Å². The molecule has 0 bridgehead atoms. The molecule has 1 aliphatic rings. The molecule has 0 aromatic carbocycles. The molecule has 1 aromatic rings. The molecule has 2 heterocycles. The molecule has 0 saturated carbocycles. The third-order valence-electron chi connectivity index (χ3n) is 3.18. The number of rotatable bonds is 3. The first-order valence-corrected chi connectivity index (χ1v) is 5.67. The molecule has 1 unspecified atom stereocenters. The average Bonchev–Trinajstić information content (AvgIpc) is 2.75. The average molecular weight is 223 g/mol. The van der Waals surface area contributed by atoms with Crippen molar-refractivity contribution >= 4 is 0 Å². The molecule has 0 spiro atoms. The highest BCUT2D eigenvalue weighted by Crippen LogP contribution is 2.13. The summed E-state index contributed by atoms with van der Waals surface area (Å²) in [5.74, 6) is 0.674. The SMILES string of the molecule is Cn1c(=O)cc(CCC2CCNC2)[nH]c1=O. The number of hydrogen-bond acceptors (Lipinski definition) is 3. The van der Waals surface area contributed by atoms with Crippen LogP contribution in [0.2, 0.25) is 0 Å². The Labute approximate surface area is 93.5 Å². The molecule has 1 atom stereocenters. The molecular weight excluding hydrogens is 206 g/mol. The van der Waals surface area contributed by atoms with Crippen molar-refractivity contribution in [2.24, 2.45) is 13.0 Å². The lowest BCUT2D eigenvalue weighted by molar-refractivity contribution is 0.527. The number of hydrogen-bond donors (Lipinski definition) is 2. The molecule has 0 amide bonds. The predicted molar refractivity (Wildman–Crippen MR) is 61.6 cm³/mol. The third kappa shape index (κ3) is 2.41. The fourth-order valence-corrected chi connectivity index (χ4v) is 2.06. The summed E-state index contributed by atoms with van der Waals surface area (Å²) in [4.78, 5) is 25.5. The van der Waals surface area contributed by atoms with Crippen molar-refractivity contribution < 1.29 is 0 Å². The van der Waals surface area contributed by atoms with E-state index in [1.54, 1.807) is 0 Å². The van der Waals surface area contributed by atoms with Gasteiger partial charge in [0.15, 0.2) is 0 Å². The van der Waals surface area contributed by atoms with Gasteiger partial charge in [-0.2, -0.15) is 0 Å². The number of nitrogens with one attached hydrogen (secondary N) is 2. The van der Waals surface area contributed by atoms with Crippen LogP contribution >= 0.6 is 0 Å². The van der Waals surface area contributed by atoms with Gasteiger partial charge in [-0.3, -0.25) is 9.36 Å². The molecule has 0 aliphatic carbocycles. The minimum atomic E-state index is -0.327. The van der Waals surface area contributed by atoms with Crippen LogP contribution in [0.3, 0.4) is 0 Å². The number of aryl methyl sites for hydroxylation is 1. The van der Waals surface area contributed by atoms with E-state index in [1.165, 1.54) is 19.5 Å². The van der Waals surface area contributed by atoms with E-state index in [9.17, 15) is 9.59 Å². The molecule has 1 aliphatic heterocycles. The number of H-pyrrole nitrogens is 1. The van der Waals surface area contributed by atoms with Crippen LogP contribution in [0.15, 0.2) is 15.7 Å². The summed E-state index contributed by atoms with van der Waals surface area (Å²) in [5.41, 5.74) is 0.190. The van der Waals surface area contributed by atoms with E-state index in [4.69, 9.17) is 0 Å². The first-order valence-electron chi connectivity index (χ1n) is 5.67. The molecular formula is C11H17N3O2. The second-order valence-corrected chi connectivity index (χ2v) is 4.39. The van der Waals surface area contributed by atoms with E-state index in [1.807, 2.05) is 0 Å². The zero-order valence-electron chi connectivity index (χ0n) is 9.45. The lowest BCUT2D eigenvalue weighted by Crippen LogP contribution is -2.33. The van der Waals surface area contributed by atoms with Gasteiger partial charge in [0.2, 0.25) is 0 Å². The highest BCUT2D eigenvalue weighted by Gasteiger charge is 2.14. The lowest BCUT2D eigenvalue weighted by atomic mass is 10.0. The Morgan fingerprint density at radius 3 is 2.94 bits per heavy atom. The maximum absolute atomic E-state index is 11.4. The molecule has 1 fully saturated rings. The van der Waals surface area contributed by atoms with Gasteiger partial charge in [0.1, 0.15) is 0 Å². The summed E-state index contributed by atoms with van der Waals surface area (Å²) in [5, 5.41) is 3.30. The molecule has 0 radical (unpaired) electrons. The summed E-state index contributed by atoms with van der Waals surface area (Å²) in [6.45, 7) is 2.13. The van der Waals surface area contributed by atoms with Gasteiger partial charge in [-0.25, -0.2) is 4.79 Å². The van der Waals surface area contributed by atoms with Gasteiger partial charge in [-0.1, -0.05) is 0 Å². The molecule has 1 aromatic heterocycles. The highest BCUT2D eigenvalue weighted by molar-refractivity contribution is 5.00. The van der Waals surface area contributed by atoms with Crippen LogP contribution < -0.4 is 16.6 Å². The van der Waals surface area contributed by atoms with Crippen molar-refractivity contribution in [1.82, 2.24) is 14.9 Å². The molecule has 16 heavy (non-hydrogen) atoms. The van der Waals surface area contributed by atoms with E-state index in [2.05, 4.69) is 10.3 Å². The fourth-order valence-electron chi connectivity index (χ4n) is 2.06. The van der Waals surface area contributed by atoms with Crippen LogP contribution in [-0.2, 0) is 13.5 Å². The minimum Gasteiger partial charge on any atom is -0.316 e. The summed E-state index contributed by atoms with van der Waals surface area (Å²) >= 11 is 0. The maximum atomic E-state index is 11.4. The Morgan fingerprint density at radius 1 is 1.50 bits per heavy atom. The monoisotopic (exact) mass is 223 g/mol. The van der Waals surface area contributed by atoms with Gasteiger partial charge < -0.3 is 10.3 Å². The molecule has 5 heteroatoms. The lowest BCUT2D eigenvalue weighted by Gasteiger charge is -2.07. The molecule has 88 valence electrons. The van der Waals surface area contributed by atoms with Crippen molar-refractivity contribution in [3.63, 3.8) is 0 Å². The Hall–Kier alpha value is -1.36. The van der Waals surface area contributed by atoms with Crippen LogP contribution in [0.1, 0.15) is 18.5 Å². The molecule has 5 nitrogen and oxygen atoms in total. The first-order chi connectivity index (χ1) is 7.66. The normalized spacial score (nSPS) is 20.2. The van der Waals surface area contributed by atoms with E-state index in [0.717, 1.165) is 36.2 Å². The number of aromatic nitrogens is 2. The van der Waals surface area contributed by atoms with E-state index in [-0.39, 0.29) is 11.2 Å². The second-order valence-electron chi connectivity index (χ2n) is 4.39. The molecule has 2 N–H and O–H groups in total. The maximum Gasteiger partial charge on any atom is 0.328 e. The quantitative estimate of drug-likeness (QED) is 0.733. The zero-order chi connectivity index (χ0) is 11.5. The summed E-state index contributed by atoms with van der Waals surface area (Å²) < 4.78 is 1.08. The number of aromatic amines is 1. The van der Waals surface area contributed by atoms with E-state index < -0.39 is 0 Å². The van der Waals surface area contributed by atoms with E-state index >= 15 is 0 Å². The Morgan fingerprint density at radius 2 is 2.31 bits per heavy atom. The fraction of sp³-hybridized carbons (Fsp3) is 0.636. The van der Waals surface area contributed by atoms with Crippen molar-refractivity contribution in [3.8, 4) is 0 Å². The third-order valence-corrected chi connectivity index (χ3v) is 3.18. The van der Waals surface area contributed by atoms with Gasteiger partial charge in [0.05, 0.1) is 0 Å². The summed E-state index contributed by atoms with van der Waals surface area (Å²) in [6.07, 6.45) is 2.99. The van der Waals surface area contributed by atoms with Gasteiger partial charge in [-0.05, 0) is 38.3 Å². The van der Waals surface area contributed by atoms with Gasteiger partial charge in [-0.15, -0.1) is 0 Å². The second kappa shape index (κ2) is 4.65. The largest absolute Gasteiger partial charge is 0.328 e. The standard InChI is InChI=1S/C11H17N3O2/c1-14-10(15)6-9(13-11(14)16)3-2-8-4-5-12-7-8/h6,8,12H,2-5,7H2,1H3,(H,13,16).